The first-order chi connectivity index (χ1) is 15.0. The van der Waals surface area contributed by atoms with Gasteiger partial charge in [0.1, 0.15) is 16.6 Å². The molecule has 1 atom stereocenters. The second kappa shape index (κ2) is 9.14. The number of benzene rings is 1. The molecule has 3 heterocycles. The number of rotatable bonds is 7. The first-order valence-electron chi connectivity index (χ1n) is 9.96. The Morgan fingerprint density at radius 2 is 2.00 bits per heavy atom. The second-order valence-corrected chi connectivity index (χ2v) is 8.24. The van der Waals surface area contributed by atoms with Crippen LogP contribution in [-0.4, -0.2) is 10.9 Å². The van der Waals surface area contributed by atoms with E-state index in [1.807, 2.05) is 32.0 Å². The Hall–Kier alpha value is -3.45. The van der Waals surface area contributed by atoms with Gasteiger partial charge in [-0.25, -0.2) is 9.37 Å². The molecule has 0 saturated carbocycles. The molecule has 0 aliphatic carbocycles. The van der Waals surface area contributed by atoms with Gasteiger partial charge in [0.2, 0.25) is 0 Å². The van der Waals surface area contributed by atoms with Crippen molar-refractivity contribution in [2.75, 3.05) is 10.6 Å². The molecule has 4 rings (SSSR count). The molecule has 1 unspecified atom stereocenters. The van der Waals surface area contributed by atoms with E-state index in [-0.39, 0.29) is 17.5 Å². The number of pyridine rings is 1. The van der Waals surface area contributed by atoms with Gasteiger partial charge in [0.05, 0.1) is 12.3 Å². The lowest BCUT2D eigenvalue weighted by Gasteiger charge is -2.21. The molecular formula is C24H22FN3O2S. The molecule has 0 fully saturated rings. The Labute approximate surface area is 184 Å². The number of hydrogen-bond acceptors (Lipinski definition) is 5. The molecule has 0 saturated heterocycles. The summed E-state index contributed by atoms with van der Waals surface area (Å²) in [5.41, 5.74) is 2.28. The van der Waals surface area contributed by atoms with Crippen molar-refractivity contribution >= 4 is 28.1 Å². The lowest BCUT2D eigenvalue weighted by atomic mass is 9.99. The highest BCUT2D eigenvalue weighted by atomic mass is 32.1. The quantitative estimate of drug-likeness (QED) is 0.363. The third kappa shape index (κ3) is 4.67. The lowest BCUT2D eigenvalue weighted by molar-refractivity contribution is 0.0997. The van der Waals surface area contributed by atoms with E-state index in [1.54, 1.807) is 36.5 Å². The summed E-state index contributed by atoms with van der Waals surface area (Å²) in [6.45, 7) is 4.02. The number of hydrogen-bond donors (Lipinski definition) is 2. The van der Waals surface area contributed by atoms with E-state index in [9.17, 15) is 9.18 Å². The molecule has 158 valence electrons. The molecule has 2 N–H and O–H groups in total. The zero-order valence-corrected chi connectivity index (χ0v) is 18.0. The third-order valence-corrected chi connectivity index (χ3v) is 6.08. The van der Waals surface area contributed by atoms with Crippen molar-refractivity contribution < 1.29 is 13.6 Å². The van der Waals surface area contributed by atoms with Gasteiger partial charge in [-0.05, 0) is 55.3 Å². The number of halogens is 1. The van der Waals surface area contributed by atoms with Crippen LogP contribution in [0.3, 0.4) is 0 Å². The summed E-state index contributed by atoms with van der Waals surface area (Å²) < 4.78 is 20.1. The molecule has 0 aliphatic heterocycles. The number of anilines is 2. The lowest BCUT2D eigenvalue weighted by Crippen LogP contribution is -2.17. The molecule has 1 amide bonds. The maximum absolute atomic E-state index is 14.9. The summed E-state index contributed by atoms with van der Waals surface area (Å²) in [5.74, 6) is 0.158. The van der Waals surface area contributed by atoms with Crippen molar-refractivity contribution in [1.29, 1.82) is 0 Å². The molecule has 31 heavy (non-hydrogen) atoms. The van der Waals surface area contributed by atoms with Crippen LogP contribution in [-0.2, 0) is 6.42 Å². The number of thiophene rings is 1. The number of furan rings is 1. The molecule has 3 aromatic heterocycles. The van der Waals surface area contributed by atoms with Crippen LogP contribution in [0.4, 0.5) is 15.2 Å². The molecule has 4 aromatic rings. The fourth-order valence-electron chi connectivity index (χ4n) is 3.31. The Kier molecular flexibility index (Phi) is 6.13. The molecule has 0 bridgehead atoms. The highest BCUT2D eigenvalue weighted by molar-refractivity contribution is 7.16. The Morgan fingerprint density at radius 1 is 1.16 bits per heavy atom. The summed E-state index contributed by atoms with van der Waals surface area (Å²) in [4.78, 5) is 18.1. The number of carbonyl (C=O) groups is 1. The van der Waals surface area contributed by atoms with Gasteiger partial charge < -0.3 is 15.1 Å². The van der Waals surface area contributed by atoms with E-state index < -0.39 is 6.04 Å². The van der Waals surface area contributed by atoms with Gasteiger partial charge in [-0.1, -0.05) is 25.1 Å². The summed E-state index contributed by atoms with van der Waals surface area (Å²) in [7, 11) is 0. The van der Waals surface area contributed by atoms with Gasteiger partial charge in [0.15, 0.2) is 5.76 Å². The molecule has 1 aromatic carbocycles. The number of nitrogens with zero attached hydrogens (tertiary/aromatic N) is 1. The standard InChI is InChI=1S/C24H22FN3O2S/c1-3-16-14-18(24(31-16)28-23(29)20-9-6-12-30-20)22(17-7-4-5-8-19(17)25)27-21-13-15(2)10-11-26-21/h4-14,22H,3H2,1-2H3,(H,26,27)(H,28,29). The number of nitrogens with one attached hydrogen (secondary N) is 2. The van der Waals surface area contributed by atoms with E-state index in [0.717, 1.165) is 22.4 Å². The van der Waals surface area contributed by atoms with Crippen LogP contribution in [0.2, 0.25) is 0 Å². The minimum Gasteiger partial charge on any atom is -0.459 e. The maximum atomic E-state index is 14.9. The molecule has 5 nitrogen and oxygen atoms in total. The fourth-order valence-corrected chi connectivity index (χ4v) is 4.34. The van der Waals surface area contributed by atoms with Gasteiger partial charge in [-0.2, -0.15) is 0 Å². The number of aromatic nitrogens is 1. The largest absolute Gasteiger partial charge is 0.459 e. The highest BCUT2D eigenvalue weighted by Crippen LogP contribution is 2.38. The minimum absolute atomic E-state index is 0.216. The van der Waals surface area contributed by atoms with Crippen molar-refractivity contribution in [3.05, 3.63) is 100 Å². The summed E-state index contributed by atoms with van der Waals surface area (Å²) >= 11 is 1.47. The van der Waals surface area contributed by atoms with Gasteiger partial charge in [-0.3, -0.25) is 4.79 Å². The van der Waals surface area contributed by atoms with Crippen LogP contribution in [0.5, 0.6) is 0 Å². The van der Waals surface area contributed by atoms with Crippen LogP contribution in [0.15, 0.2) is 71.5 Å². The predicted octanol–water partition coefficient (Wildman–Crippen LogP) is 6.20. The average molecular weight is 436 g/mol. The Bertz CT molecular complexity index is 1190. The van der Waals surface area contributed by atoms with Crippen LogP contribution in [0, 0.1) is 12.7 Å². The average Bonchev–Trinajstić information content (AvgIpc) is 3.43. The topological polar surface area (TPSA) is 67.2 Å². The van der Waals surface area contributed by atoms with Crippen molar-refractivity contribution in [2.45, 2.75) is 26.3 Å². The summed E-state index contributed by atoms with van der Waals surface area (Å²) in [5, 5.41) is 6.94. The van der Waals surface area contributed by atoms with Gasteiger partial charge in [0, 0.05) is 22.2 Å². The number of carbonyl (C=O) groups excluding carboxylic acids is 1. The van der Waals surface area contributed by atoms with Crippen molar-refractivity contribution in [3.8, 4) is 0 Å². The van der Waals surface area contributed by atoms with E-state index in [1.165, 1.54) is 23.7 Å². The Balaban J connectivity index is 1.78. The third-order valence-electron chi connectivity index (χ3n) is 4.87. The second-order valence-electron chi connectivity index (χ2n) is 7.10. The van der Waals surface area contributed by atoms with Crippen LogP contribution >= 0.6 is 11.3 Å². The molecular weight excluding hydrogens is 413 g/mol. The van der Waals surface area contributed by atoms with Crippen LogP contribution in [0.25, 0.3) is 0 Å². The zero-order chi connectivity index (χ0) is 21.8. The summed E-state index contributed by atoms with van der Waals surface area (Å²) in [6.07, 6.45) is 3.95. The smallest absolute Gasteiger partial charge is 0.291 e. The molecule has 0 spiro atoms. The van der Waals surface area contributed by atoms with Crippen molar-refractivity contribution in [3.63, 3.8) is 0 Å². The number of amides is 1. The van der Waals surface area contributed by atoms with Gasteiger partial charge in [0.25, 0.3) is 5.91 Å². The fraction of sp³-hybridized carbons (Fsp3) is 0.167. The normalized spacial score (nSPS) is 11.8. The van der Waals surface area contributed by atoms with E-state index in [0.29, 0.717) is 16.4 Å². The minimum atomic E-state index is -0.543. The van der Waals surface area contributed by atoms with Crippen molar-refractivity contribution in [2.24, 2.45) is 0 Å². The SMILES string of the molecule is CCc1cc(C(Nc2cc(C)ccn2)c2ccccc2F)c(NC(=O)c2ccco2)s1. The first kappa shape index (κ1) is 20.8. The highest BCUT2D eigenvalue weighted by Gasteiger charge is 2.25. The zero-order valence-electron chi connectivity index (χ0n) is 17.2. The molecule has 0 radical (unpaired) electrons. The van der Waals surface area contributed by atoms with Gasteiger partial charge in [-0.15, -0.1) is 11.3 Å². The first-order valence-corrected chi connectivity index (χ1v) is 10.8. The van der Waals surface area contributed by atoms with Gasteiger partial charge >= 0.3 is 0 Å². The molecule has 7 heteroatoms. The van der Waals surface area contributed by atoms with E-state index >= 15 is 0 Å². The molecule has 0 aliphatic rings. The monoisotopic (exact) mass is 435 g/mol. The van der Waals surface area contributed by atoms with E-state index in [2.05, 4.69) is 15.6 Å². The summed E-state index contributed by atoms with van der Waals surface area (Å²) in [6, 6.07) is 15.2. The van der Waals surface area contributed by atoms with Crippen molar-refractivity contribution in [1.82, 2.24) is 4.98 Å². The predicted molar refractivity (Wildman–Crippen MR) is 121 cm³/mol. The Morgan fingerprint density at radius 3 is 2.71 bits per heavy atom. The van der Waals surface area contributed by atoms with Crippen LogP contribution in [0.1, 0.15) is 45.1 Å². The number of aryl methyl sites for hydroxylation is 2. The maximum Gasteiger partial charge on any atom is 0.291 e. The van der Waals surface area contributed by atoms with Crippen LogP contribution < -0.4 is 10.6 Å². The van der Waals surface area contributed by atoms with E-state index in [4.69, 9.17) is 4.42 Å².